The highest BCUT2D eigenvalue weighted by atomic mass is 16.2. The van der Waals surface area contributed by atoms with Crippen molar-refractivity contribution in [1.29, 1.82) is 0 Å². The second-order valence-electron chi connectivity index (χ2n) is 7.64. The summed E-state index contributed by atoms with van der Waals surface area (Å²) in [7, 11) is 0. The fraction of sp³-hybridized carbons (Fsp3) is 0.500. The number of para-hydroxylation sites is 1. The summed E-state index contributed by atoms with van der Waals surface area (Å²) in [6.45, 7) is 8.70. The quantitative estimate of drug-likeness (QED) is 0.755. The number of nitrogens with one attached hydrogen (secondary N) is 1. The van der Waals surface area contributed by atoms with E-state index >= 15 is 0 Å². The second-order valence-corrected chi connectivity index (χ2v) is 7.64. The van der Waals surface area contributed by atoms with Gasteiger partial charge in [0.05, 0.1) is 5.56 Å². The summed E-state index contributed by atoms with van der Waals surface area (Å²) in [5.41, 5.74) is 6.67. The molecule has 0 saturated carbocycles. The van der Waals surface area contributed by atoms with Gasteiger partial charge in [-0.3, -0.25) is 9.59 Å². The fourth-order valence-corrected chi connectivity index (χ4v) is 3.07. The average molecular weight is 343 g/mol. The highest BCUT2D eigenvalue weighted by Gasteiger charge is 2.32. The number of aryl methyl sites for hydroxylation is 1. The predicted octanol–water partition coefficient (Wildman–Crippen LogP) is 3.46. The van der Waals surface area contributed by atoms with Crippen molar-refractivity contribution in [2.24, 2.45) is 11.1 Å². The Hall–Kier alpha value is -2.30. The Labute approximate surface area is 149 Å². The zero-order chi connectivity index (χ0) is 18.6. The van der Waals surface area contributed by atoms with Gasteiger partial charge < -0.3 is 15.6 Å². The van der Waals surface area contributed by atoms with Gasteiger partial charge in [-0.2, -0.15) is 0 Å². The molecular formula is C20H29N3O2. The Balaban J connectivity index is 2.33. The fourth-order valence-electron chi connectivity index (χ4n) is 3.07. The lowest BCUT2D eigenvalue weighted by Crippen LogP contribution is -2.52. The van der Waals surface area contributed by atoms with Gasteiger partial charge in [0.25, 0.3) is 5.91 Å². The van der Waals surface area contributed by atoms with Gasteiger partial charge in [-0.15, -0.1) is 0 Å². The lowest BCUT2D eigenvalue weighted by Gasteiger charge is -2.28. The van der Waals surface area contributed by atoms with E-state index in [4.69, 9.17) is 5.73 Å². The third-order valence-electron chi connectivity index (χ3n) is 4.46. The highest BCUT2D eigenvalue weighted by molar-refractivity contribution is 6.08. The Bertz CT molecular complexity index is 756. The number of benzene rings is 1. The summed E-state index contributed by atoms with van der Waals surface area (Å²) in [5.74, 6) is -0.781. The van der Waals surface area contributed by atoms with Crippen molar-refractivity contribution < 1.29 is 9.59 Å². The van der Waals surface area contributed by atoms with Gasteiger partial charge in [0.2, 0.25) is 5.91 Å². The summed E-state index contributed by atoms with van der Waals surface area (Å²) in [6.07, 6.45) is 5.26. The maximum absolute atomic E-state index is 12.8. The molecule has 0 radical (unpaired) electrons. The molecule has 0 bridgehead atoms. The van der Waals surface area contributed by atoms with Crippen LogP contribution in [0.15, 0.2) is 30.5 Å². The van der Waals surface area contributed by atoms with Crippen molar-refractivity contribution in [3.63, 3.8) is 0 Å². The second kappa shape index (κ2) is 7.72. The maximum atomic E-state index is 12.8. The van der Waals surface area contributed by atoms with Crippen molar-refractivity contribution in [3.05, 3.63) is 36.0 Å². The summed E-state index contributed by atoms with van der Waals surface area (Å²) in [4.78, 5) is 24.6. The van der Waals surface area contributed by atoms with Crippen LogP contribution in [0.4, 0.5) is 0 Å². The van der Waals surface area contributed by atoms with Crippen LogP contribution < -0.4 is 11.1 Å². The average Bonchev–Trinajstić information content (AvgIpc) is 2.90. The van der Waals surface area contributed by atoms with Crippen molar-refractivity contribution in [1.82, 2.24) is 9.88 Å². The topological polar surface area (TPSA) is 77.1 Å². The van der Waals surface area contributed by atoms with Crippen LogP contribution in [0.2, 0.25) is 0 Å². The van der Waals surface area contributed by atoms with Crippen molar-refractivity contribution in [2.45, 2.75) is 59.5 Å². The Kier molecular flexibility index (Phi) is 5.88. The first-order chi connectivity index (χ1) is 11.8. The molecule has 0 fully saturated rings. The number of rotatable bonds is 7. The number of nitrogens with two attached hydrogens (primary N) is 1. The molecule has 0 aliphatic heterocycles. The van der Waals surface area contributed by atoms with Crippen LogP contribution in [0.3, 0.4) is 0 Å². The van der Waals surface area contributed by atoms with Crippen LogP contribution in [0, 0.1) is 5.41 Å². The standard InChI is InChI=1S/C20H29N3O2/c1-5-6-9-12-23-13-15(14-10-7-8-11-16(14)23)19(25)22-17(18(21)24)20(2,3)4/h7-8,10-11,13,17H,5-6,9,12H2,1-4H3,(H2,21,24)(H,22,25). The molecule has 25 heavy (non-hydrogen) atoms. The maximum Gasteiger partial charge on any atom is 0.254 e. The molecule has 3 N–H and O–H groups in total. The Morgan fingerprint density at radius 1 is 1.20 bits per heavy atom. The third-order valence-corrected chi connectivity index (χ3v) is 4.46. The van der Waals surface area contributed by atoms with Crippen LogP contribution in [-0.2, 0) is 11.3 Å². The molecule has 2 rings (SSSR count). The minimum Gasteiger partial charge on any atom is -0.368 e. The number of amides is 2. The first kappa shape index (κ1) is 19.0. The number of unbranched alkanes of at least 4 members (excludes halogenated alkanes) is 2. The SMILES string of the molecule is CCCCCn1cc(C(=O)NC(C(N)=O)C(C)(C)C)c2ccccc21. The van der Waals surface area contributed by atoms with Crippen LogP contribution in [0.1, 0.15) is 57.3 Å². The normalized spacial score (nSPS) is 13.0. The zero-order valence-electron chi connectivity index (χ0n) is 15.6. The molecule has 2 aromatic rings. The number of hydrogen-bond donors (Lipinski definition) is 2. The zero-order valence-corrected chi connectivity index (χ0v) is 15.6. The smallest absolute Gasteiger partial charge is 0.254 e. The molecule has 5 heteroatoms. The summed E-state index contributed by atoms with van der Waals surface area (Å²) in [6, 6.07) is 7.14. The molecule has 1 unspecified atom stereocenters. The van der Waals surface area contributed by atoms with Gasteiger partial charge >= 0.3 is 0 Å². The van der Waals surface area contributed by atoms with E-state index in [9.17, 15) is 9.59 Å². The summed E-state index contributed by atoms with van der Waals surface area (Å²) < 4.78 is 2.12. The van der Waals surface area contributed by atoms with Crippen molar-refractivity contribution in [3.8, 4) is 0 Å². The van der Waals surface area contributed by atoms with Gasteiger partial charge in [0.15, 0.2) is 0 Å². The van der Waals surface area contributed by atoms with E-state index in [1.807, 2.05) is 51.2 Å². The van der Waals surface area contributed by atoms with E-state index in [2.05, 4.69) is 16.8 Å². The summed E-state index contributed by atoms with van der Waals surface area (Å²) in [5, 5.41) is 3.72. The molecule has 1 heterocycles. The number of carbonyl (C=O) groups excluding carboxylic acids is 2. The molecule has 0 aliphatic rings. The lowest BCUT2D eigenvalue weighted by molar-refractivity contribution is -0.122. The predicted molar refractivity (Wildman–Crippen MR) is 101 cm³/mol. The van der Waals surface area contributed by atoms with E-state index in [-0.39, 0.29) is 5.91 Å². The number of nitrogens with zero attached hydrogens (tertiary/aromatic N) is 1. The van der Waals surface area contributed by atoms with Gasteiger partial charge in [-0.05, 0) is 17.9 Å². The minimum absolute atomic E-state index is 0.260. The van der Waals surface area contributed by atoms with E-state index in [1.54, 1.807) is 0 Å². The lowest BCUT2D eigenvalue weighted by atomic mass is 9.86. The van der Waals surface area contributed by atoms with E-state index in [1.165, 1.54) is 0 Å². The van der Waals surface area contributed by atoms with Gasteiger partial charge in [0, 0.05) is 23.6 Å². The molecule has 2 amide bonds. The minimum atomic E-state index is -0.720. The van der Waals surface area contributed by atoms with E-state index in [0.717, 1.165) is 36.7 Å². The number of primary amides is 1. The molecule has 0 aliphatic carbocycles. The molecule has 136 valence electrons. The van der Waals surface area contributed by atoms with Crippen LogP contribution >= 0.6 is 0 Å². The van der Waals surface area contributed by atoms with Crippen LogP contribution in [0.25, 0.3) is 10.9 Å². The van der Waals surface area contributed by atoms with Crippen LogP contribution in [-0.4, -0.2) is 22.4 Å². The van der Waals surface area contributed by atoms with E-state index < -0.39 is 17.4 Å². The van der Waals surface area contributed by atoms with Gasteiger partial charge in [-0.25, -0.2) is 0 Å². The van der Waals surface area contributed by atoms with Crippen molar-refractivity contribution >= 4 is 22.7 Å². The number of aromatic nitrogens is 1. The largest absolute Gasteiger partial charge is 0.368 e. The highest BCUT2D eigenvalue weighted by Crippen LogP contribution is 2.24. The first-order valence-corrected chi connectivity index (χ1v) is 8.93. The molecule has 5 nitrogen and oxygen atoms in total. The first-order valence-electron chi connectivity index (χ1n) is 8.93. The number of fused-ring (bicyclic) bond motifs is 1. The number of carbonyl (C=O) groups is 2. The molecular weight excluding hydrogens is 314 g/mol. The molecule has 1 aromatic heterocycles. The van der Waals surface area contributed by atoms with E-state index in [0.29, 0.717) is 5.56 Å². The number of hydrogen-bond acceptors (Lipinski definition) is 2. The Morgan fingerprint density at radius 3 is 2.48 bits per heavy atom. The molecule has 1 aromatic carbocycles. The van der Waals surface area contributed by atoms with Crippen molar-refractivity contribution in [2.75, 3.05) is 0 Å². The van der Waals surface area contributed by atoms with Gasteiger partial charge in [0.1, 0.15) is 6.04 Å². The Morgan fingerprint density at radius 2 is 1.88 bits per heavy atom. The molecule has 0 spiro atoms. The monoisotopic (exact) mass is 343 g/mol. The summed E-state index contributed by atoms with van der Waals surface area (Å²) >= 11 is 0. The molecule has 0 saturated heterocycles. The third kappa shape index (κ3) is 4.41. The molecule has 1 atom stereocenters. The van der Waals surface area contributed by atoms with Gasteiger partial charge in [-0.1, -0.05) is 58.7 Å². The van der Waals surface area contributed by atoms with Crippen LogP contribution in [0.5, 0.6) is 0 Å².